The second-order valence-corrected chi connectivity index (χ2v) is 9.36. The van der Waals surface area contributed by atoms with E-state index in [0.717, 1.165) is 26.7 Å². The molecule has 4 aromatic rings. The van der Waals surface area contributed by atoms with E-state index >= 15 is 0 Å². The summed E-state index contributed by atoms with van der Waals surface area (Å²) < 4.78 is 1.52. The third-order valence-corrected chi connectivity index (χ3v) is 7.34. The van der Waals surface area contributed by atoms with E-state index in [2.05, 4.69) is 4.98 Å². The van der Waals surface area contributed by atoms with Gasteiger partial charge in [-0.3, -0.25) is 19.1 Å². The molecule has 0 aliphatic carbocycles. The van der Waals surface area contributed by atoms with Crippen LogP contribution in [0.25, 0.3) is 10.9 Å². The van der Waals surface area contributed by atoms with Gasteiger partial charge in [0.05, 0.1) is 28.0 Å². The number of aromatic nitrogens is 2. The average Bonchev–Trinajstić information content (AvgIpc) is 2.79. The molecule has 1 aliphatic rings. The molecule has 0 spiro atoms. The molecule has 1 aromatic heterocycles. The Morgan fingerprint density at radius 2 is 1.65 bits per heavy atom. The van der Waals surface area contributed by atoms with Crippen LogP contribution in [0.2, 0.25) is 0 Å². The summed E-state index contributed by atoms with van der Waals surface area (Å²) in [5, 5.41) is 1.12. The Balaban J connectivity index is 1.48. The van der Waals surface area contributed by atoms with Gasteiger partial charge in [0.2, 0.25) is 5.91 Å². The van der Waals surface area contributed by atoms with Crippen molar-refractivity contribution in [2.24, 2.45) is 7.05 Å². The van der Waals surface area contributed by atoms with Gasteiger partial charge in [-0.15, -0.1) is 0 Å². The maximum atomic E-state index is 13.4. The van der Waals surface area contributed by atoms with E-state index in [-0.39, 0.29) is 17.2 Å². The lowest BCUT2D eigenvalue weighted by Gasteiger charge is -2.31. The number of hydrogen-bond acceptors (Lipinski definition) is 5. The van der Waals surface area contributed by atoms with Crippen molar-refractivity contribution in [2.45, 2.75) is 21.9 Å². The van der Waals surface area contributed by atoms with E-state index in [0.29, 0.717) is 16.1 Å². The maximum Gasteiger partial charge on any atom is 0.261 e. The molecule has 5 nitrogen and oxygen atoms in total. The monoisotopic (exact) mass is 445 g/mol. The molecule has 0 saturated heterocycles. The Labute approximate surface area is 188 Å². The van der Waals surface area contributed by atoms with Crippen LogP contribution < -0.4 is 10.5 Å². The first-order valence-corrected chi connectivity index (χ1v) is 11.6. The summed E-state index contributed by atoms with van der Waals surface area (Å²) in [6.07, 6.45) is 0. The van der Waals surface area contributed by atoms with Gasteiger partial charge in [0.25, 0.3) is 5.56 Å². The predicted molar refractivity (Wildman–Crippen MR) is 127 cm³/mol. The minimum atomic E-state index is -0.103. The van der Waals surface area contributed by atoms with E-state index in [4.69, 9.17) is 0 Å². The molecule has 0 bridgehead atoms. The molecule has 0 atom stereocenters. The van der Waals surface area contributed by atoms with Gasteiger partial charge in [0.1, 0.15) is 0 Å². The molecule has 1 aliphatic heterocycles. The van der Waals surface area contributed by atoms with E-state index in [9.17, 15) is 9.59 Å². The van der Waals surface area contributed by atoms with Crippen molar-refractivity contribution in [3.05, 3.63) is 82.6 Å². The maximum absolute atomic E-state index is 13.4. The number of benzene rings is 3. The molecule has 154 valence electrons. The summed E-state index contributed by atoms with van der Waals surface area (Å²) >= 11 is 2.95. The number of fused-ring (bicyclic) bond motifs is 3. The summed E-state index contributed by atoms with van der Waals surface area (Å²) in [6, 6.07) is 21.5. The molecular formula is C24H19N3O2S2. The number of hydrogen-bond donors (Lipinski definition) is 0. The van der Waals surface area contributed by atoms with Gasteiger partial charge in [-0.2, -0.15) is 0 Å². The van der Waals surface area contributed by atoms with Crippen LogP contribution in [0.15, 0.2) is 86.5 Å². The van der Waals surface area contributed by atoms with Crippen molar-refractivity contribution in [2.75, 3.05) is 10.7 Å². The third kappa shape index (κ3) is 3.54. The predicted octanol–water partition coefficient (Wildman–Crippen LogP) is 5.16. The largest absolute Gasteiger partial charge is 0.290 e. The molecule has 0 radical (unpaired) electrons. The number of thioether (sulfide) groups is 1. The van der Waals surface area contributed by atoms with E-state index in [1.165, 1.54) is 16.3 Å². The minimum absolute atomic E-state index is 0.0524. The van der Waals surface area contributed by atoms with E-state index < -0.39 is 0 Å². The van der Waals surface area contributed by atoms with Crippen molar-refractivity contribution in [1.82, 2.24) is 9.55 Å². The van der Waals surface area contributed by atoms with Crippen molar-refractivity contribution < 1.29 is 4.79 Å². The molecule has 3 aromatic carbocycles. The summed E-state index contributed by atoms with van der Waals surface area (Å²) in [5.74, 6) is 0.119. The van der Waals surface area contributed by atoms with Gasteiger partial charge < -0.3 is 0 Å². The van der Waals surface area contributed by atoms with Crippen LogP contribution in [0, 0.1) is 6.92 Å². The van der Waals surface area contributed by atoms with Crippen LogP contribution >= 0.6 is 23.5 Å². The van der Waals surface area contributed by atoms with Crippen LogP contribution in [-0.2, 0) is 11.8 Å². The first kappa shape index (κ1) is 19.9. The van der Waals surface area contributed by atoms with Crippen LogP contribution in [0.3, 0.4) is 0 Å². The topological polar surface area (TPSA) is 55.2 Å². The Hall–Kier alpha value is -3.03. The molecule has 0 saturated carbocycles. The fourth-order valence-electron chi connectivity index (χ4n) is 3.66. The molecule has 5 rings (SSSR count). The highest BCUT2D eigenvalue weighted by Crippen LogP contribution is 2.48. The number of amides is 1. The highest BCUT2D eigenvalue weighted by molar-refractivity contribution is 8.00. The zero-order valence-electron chi connectivity index (χ0n) is 17.0. The van der Waals surface area contributed by atoms with Gasteiger partial charge in [0, 0.05) is 16.8 Å². The van der Waals surface area contributed by atoms with Crippen LogP contribution in [0.1, 0.15) is 5.56 Å². The number of carbonyl (C=O) groups is 1. The Kier molecular flexibility index (Phi) is 5.08. The van der Waals surface area contributed by atoms with Crippen molar-refractivity contribution in [3.8, 4) is 0 Å². The van der Waals surface area contributed by atoms with Gasteiger partial charge in [0.15, 0.2) is 5.16 Å². The number of anilines is 2. The van der Waals surface area contributed by atoms with Crippen LogP contribution in [0.4, 0.5) is 11.4 Å². The van der Waals surface area contributed by atoms with E-state index in [1.807, 2.05) is 73.7 Å². The lowest BCUT2D eigenvalue weighted by molar-refractivity contribution is -0.115. The number of aryl methyl sites for hydroxylation is 1. The number of nitrogens with zero attached hydrogens (tertiary/aromatic N) is 3. The summed E-state index contributed by atoms with van der Waals surface area (Å²) in [7, 11) is 1.70. The van der Waals surface area contributed by atoms with Gasteiger partial charge in [-0.05, 0) is 43.3 Å². The smallest absolute Gasteiger partial charge is 0.261 e. The standard InChI is InChI=1S/C24H19N3O2S2/c1-15-11-12-17-16(13-15)23(29)26(2)24(25-17)30-14-22(28)27-18-7-3-5-9-20(18)31-21-10-6-4-8-19(21)27/h3-13H,14H2,1-2H3. The lowest BCUT2D eigenvalue weighted by Crippen LogP contribution is -2.30. The second-order valence-electron chi connectivity index (χ2n) is 7.33. The fourth-order valence-corrected chi connectivity index (χ4v) is 5.54. The molecule has 0 N–H and O–H groups in total. The molecule has 7 heteroatoms. The number of rotatable bonds is 3. The Morgan fingerprint density at radius 1 is 1.00 bits per heavy atom. The van der Waals surface area contributed by atoms with Gasteiger partial charge >= 0.3 is 0 Å². The minimum Gasteiger partial charge on any atom is -0.290 e. The Bertz CT molecular complexity index is 1350. The summed E-state index contributed by atoms with van der Waals surface area (Å²) in [5.41, 5.74) is 3.32. The molecule has 0 fully saturated rings. The highest BCUT2D eigenvalue weighted by Gasteiger charge is 2.28. The average molecular weight is 446 g/mol. The SMILES string of the molecule is Cc1ccc2nc(SCC(=O)N3c4ccccc4Sc4ccccc43)n(C)c(=O)c2c1. The molecular weight excluding hydrogens is 426 g/mol. The van der Waals surface area contributed by atoms with Crippen molar-refractivity contribution >= 4 is 51.7 Å². The lowest BCUT2D eigenvalue weighted by atomic mass is 10.2. The molecule has 0 unspecified atom stereocenters. The van der Waals surface area contributed by atoms with Crippen molar-refractivity contribution in [3.63, 3.8) is 0 Å². The summed E-state index contributed by atoms with van der Waals surface area (Å²) in [6.45, 7) is 1.95. The zero-order chi connectivity index (χ0) is 21.5. The number of para-hydroxylation sites is 2. The fraction of sp³-hybridized carbons (Fsp3) is 0.125. The summed E-state index contributed by atoms with van der Waals surface area (Å²) in [4.78, 5) is 34.7. The molecule has 2 heterocycles. The van der Waals surface area contributed by atoms with Crippen LogP contribution in [0.5, 0.6) is 0 Å². The number of carbonyl (C=O) groups excluding carboxylic acids is 1. The first-order chi connectivity index (χ1) is 15.0. The normalized spacial score (nSPS) is 12.5. The second kappa shape index (κ2) is 7.90. The molecule has 1 amide bonds. The third-order valence-electron chi connectivity index (χ3n) is 5.20. The highest BCUT2D eigenvalue weighted by atomic mass is 32.2. The first-order valence-electron chi connectivity index (χ1n) is 9.82. The van der Waals surface area contributed by atoms with E-state index in [1.54, 1.807) is 23.7 Å². The van der Waals surface area contributed by atoms with Gasteiger partial charge in [-0.1, -0.05) is 59.4 Å². The van der Waals surface area contributed by atoms with Crippen LogP contribution in [-0.4, -0.2) is 21.2 Å². The Morgan fingerprint density at radius 3 is 2.32 bits per heavy atom. The zero-order valence-corrected chi connectivity index (χ0v) is 18.7. The van der Waals surface area contributed by atoms with Crippen molar-refractivity contribution in [1.29, 1.82) is 0 Å². The quantitative estimate of drug-likeness (QED) is 0.322. The molecule has 31 heavy (non-hydrogen) atoms. The van der Waals surface area contributed by atoms with Gasteiger partial charge in [-0.25, -0.2) is 4.98 Å².